The van der Waals surface area contributed by atoms with Crippen molar-refractivity contribution in [3.8, 4) is 24.0 Å². The van der Waals surface area contributed by atoms with Gasteiger partial charge in [0.2, 0.25) is 5.88 Å². The molecule has 10 nitrogen and oxygen atoms in total. The van der Waals surface area contributed by atoms with E-state index in [-0.39, 0.29) is 29.0 Å². The van der Waals surface area contributed by atoms with Crippen LogP contribution in [0.25, 0.3) is 21.8 Å². The van der Waals surface area contributed by atoms with Gasteiger partial charge in [0.1, 0.15) is 29.6 Å². The molecular weight excluding hydrogens is 573 g/mol. The van der Waals surface area contributed by atoms with E-state index in [0.29, 0.717) is 70.8 Å². The van der Waals surface area contributed by atoms with Gasteiger partial charge in [-0.1, -0.05) is 12.0 Å². The number of carbonyl (C=O) groups excluding carboxylic acids is 1. The van der Waals surface area contributed by atoms with Crippen LogP contribution in [0, 0.1) is 18.2 Å². The molecule has 4 aromatic rings. The van der Waals surface area contributed by atoms with Crippen molar-refractivity contribution in [1.82, 2.24) is 24.8 Å². The maximum Gasteiger partial charge on any atom is 0.254 e. The number of pyridine rings is 1. The molecule has 2 unspecified atom stereocenters. The van der Waals surface area contributed by atoms with Crippen LogP contribution < -0.4 is 20.7 Å². The van der Waals surface area contributed by atoms with Crippen LogP contribution in [-0.4, -0.2) is 80.9 Å². The van der Waals surface area contributed by atoms with Crippen LogP contribution in [0.3, 0.4) is 0 Å². The van der Waals surface area contributed by atoms with Crippen molar-refractivity contribution in [2.45, 2.75) is 62.7 Å². The topological polar surface area (TPSA) is 122 Å². The summed E-state index contributed by atoms with van der Waals surface area (Å²) in [7, 11) is 0. The molecule has 0 radical (unpaired) electrons. The van der Waals surface area contributed by atoms with Gasteiger partial charge in [-0.05, 0) is 80.8 Å². The highest BCUT2D eigenvalue weighted by atomic mass is 19.1. The van der Waals surface area contributed by atoms with Crippen molar-refractivity contribution in [3.05, 3.63) is 53.1 Å². The zero-order valence-corrected chi connectivity index (χ0v) is 25.1. The summed E-state index contributed by atoms with van der Waals surface area (Å²) in [5, 5.41) is 15.4. The molecule has 0 aliphatic carbocycles. The number of terminal acetylenes is 1. The largest absolute Gasteiger partial charge is 0.508 e. The Balaban J connectivity index is 1.29. The van der Waals surface area contributed by atoms with Gasteiger partial charge in [0, 0.05) is 37.1 Å². The molecule has 8 rings (SSSR count). The second kappa shape index (κ2) is 10.6. The summed E-state index contributed by atoms with van der Waals surface area (Å²) >= 11 is 0. The number of nitrogens with one attached hydrogen (secondary N) is 1. The number of anilines is 1. The molecule has 2 aromatic carbocycles. The van der Waals surface area contributed by atoms with Crippen molar-refractivity contribution in [2.24, 2.45) is 5.73 Å². The van der Waals surface area contributed by atoms with Crippen molar-refractivity contribution >= 4 is 33.5 Å². The first kappa shape index (κ1) is 28.1. The van der Waals surface area contributed by atoms with E-state index in [1.54, 1.807) is 29.1 Å². The summed E-state index contributed by atoms with van der Waals surface area (Å²) in [5.74, 6) is 2.23. The van der Waals surface area contributed by atoms with Gasteiger partial charge in [-0.3, -0.25) is 9.69 Å². The lowest BCUT2D eigenvalue weighted by Crippen LogP contribution is -2.52. The molecule has 4 N–H and O–H groups in total. The lowest BCUT2D eigenvalue weighted by Gasteiger charge is -2.35. The molecule has 4 fully saturated rings. The Kier molecular flexibility index (Phi) is 6.62. The highest BCUT2D eigenvalue weighted by Gasteiger charge is 2.45. The second-order valence-corrected chi connectivity index (χ2v) is 13.1. The molecule has 4 aliphatic heterocycles. The summed E-state index contributed by atoms with van der Waals surface area (Å²) in [4.78, 5) is 27.7. The predicted octanol–water partition coefficient (Wildman–Crippen LogP) is 3.51. The number of fused-ring (bicyclic) bond motifs is 5. The SMILES string of the molecule is C#Cc1c(F)ccc2cc(O)cc(Cn3cnc4c(OCC56CCCN5CCC6)nc(N5CC6CCC(C5)N6)c(C(N)=O)c43)c12. The fourth-order valence-electron chi connectivity index (χ4n) is 8.38. The van der Waals surface area contributed by atoms with Gasteiger partial charge >= 0.3 is 0 Å². The number of amides is 1. The molecule has 11 heteroatoms. The van der Waals surface area contributed by atoms with E-state index in [2.05, 4.69) is 21.0 Å². The van der Waals surface area contributed by atoms with Gasteiger partial charge in [0.15, 0.2) is 5.52 Å². The van der Waals surface area contributed by atoms with Crippen molar-refractivity contribution in [3.63, 3.8) is 0 Å². The van der Waals surface area contributed by atoms with Crippen LogP contribution >= 0.6 is 0 Å². The number of rotatable bonds is 7. The Hall–Kier alpha value is -4.40. The number of ether oxygens (including phenoxy) is 1. The zero-order chi connectivity index (χ0) is 30.9. The fourth-order valence-corrected chi connectivity index (χ4v) is 8.38. The Labute approximate surface area is 260 Å². The number of aromatic nitrogens is 3. The number of hydrogen-bond acceptors (Lipinski definition) is 8. The van der Waals surface area contributed by atoms with Gasteiger partial charge in [0.25, 0.3) is 5.91 Å². The number of imidazole rings is 1. The first-order valence-corrected chi connectivity index (χ1v) is 15.8. The van der Waals surface area contributed by atoms with E-state index < -0.39 is 11.7 Å². The molecular formula is C34H36FN7O3. The average Bonchev–Trinajstić information content (AvgIpc) is 3.79. The van der Waals surface area contributed by atoms with Gasteiger partial charge in [-0.15, -0.1) is 6.42 Å². The number of carbonyl (C=O) groups is 1. The number of aromatic hydroxyl groups is 1. The molecule has 6 heterocycles. The normalized spacial score (nSPS) is 22.3. The lowest BCUT2D eigenvalue weighted by molar-refractivity contribution is 0.100. The summed E-state index contributed by atoms with van der Waals surface area (Å²) < 4.78 is 23.3. The molecule has 1 amide bonds. The van der Waals surface area contributed by atoms with E-state index >= 15 is 0 Å². The monoisotopic (exact) mass is 609 g/mol. The third-order valence-electron chi connectivity index (χ3n) is 10.4. The molecule has 4 aliphatic rings. The number of phenolic OH excluding ortho intramolecular Hbond substituents is 1. The molecule has 232 valence electrons. The van der Waals surface area contributed by atoms with Gasteiger partial charge in [-0.2, -0.15) is 4.98 Å². The van der Waals surface area contributed by atoms with Crippen LogP contribution in [0.4, 0.5) is 10.2 Å². The Morgan fingerprint density at radius 2 is 1.96 bits per heavy atom. The minimum atomic E-state index is -0.617. The Morgan fingerprint density at radius 1 is 1.20 bits per heavy atom. The summed E-state index contributed by atoms with van der Waals surface area (Å²) in [6.07, 6.45) is 14.0. The number of benzene rings is 2. The van der Waals surface area contributed by atoms with Crippen LogP contribution in [0.1, 0.15) is 60.0 Å². The maximum atomic E-state index is 14.9. The van der Waals surface area contributed by atoms with Gasteiger partial charge < -0.3 is 30.4 Å². The first-order valence-electron chi connectivity index (χ1n) is 15.8. The summed E-state index contributed by atoms with van der Waals surface area (Å²) in [5.41, 5.74) is 8.03. The third-order valence-corrected chi connectivity index (χ3v) is 10.4. The molecule has 2 atom stereocenters. The summed E-state index contributed by atoms with van der Waals surface area (Å²) in [6, 6.07) is 6.63. The van der Waals surface area contributed by atoms with Crippen LogP contribution in [0.5, 0.6) is 11.6 Å². The molecule has 4 saturated heterocycles. The molecule has 0 spiro atoms. The zero-order valence-electron chi connectivity index (χ0n) is 25.1. The van der Waals surface area contributed by atoms with Crippen LogP contribution in [0.15, 0.2) is 30.6 Å². The minimum Gasteiger partial charge on any atom is -0.508 e. The Morgan fingerprint density at radius 3 is 2.67 bits per heavy atom. The molecule has 0 saturated carbocycles. The second-order valence-electron chi connectivity index (χ2n) is 13.1. The first-order chi connectivity index (χ1) is 21.8. The van der Waals surface area contributed by atoms with Gasteiger partial charge in [0.05, 0.1) is 22.9 Å². The van der Waals surface area contributed by atoms with Crippen molar-refractivity contribution in [1.29, 1.82) is 0 Å². The predicted molar refractivity (Wildman–Crippen MR) is 169 cm³/mol. The smallest absolute Gasteiger partial charge is 0.254 e. The number of nitrogens with two attached hydrogens (primary N) is 1. The number of piperazine rings is 1. The van der Waals surface area contributed by atoms with Crippen LogP contribution in [0.2, 0.25) is 0 Å². The van der Waals surface area contributed by atoms with Crippen molar-refractivity contribution in [2.75, 3.05) is 37.7 Å². The number of phenols is 1. The fraction of sp³-hybridized carbons (Fsp3) is 0.441. The molecule has 2 bridgehead atoms. The van der Waals surface area contributed by atoms with E-state index in [1.165, 1.54) is 6.07 Å². The van der Waals surface area contributed by atoms with Crippen LogP contribution in [-0.2, 0) is 6.54 Å². The van der Waals surface area contributed by atoms with Crippen molar-refractivity contribution < 1.29 is 19.0 Å². The van der Waals surface area contributed by atoms with E-state index in [1.807, 2.05) is 0 Å². The number of hydrogen-bond donors (Lipinski definition) is 3. The average molecular weight is 610 g/mol. The lowest BCUT2D eigenvalue weighted by atomic mass is 9.95. The quantitative estimate of drug-likeness (QED) is 0.272. The summed E-state index contributed by atoms with van der Waals surface area (Å²) in [6.45, 7) is 4.19. The van der Waals surface area contributed by atoms with E-state index in [0.717, 1.165) is 51.6 Å². The van der Waals surface area contributed by atoms with E-state index in [9.17, 15) is 14.3 Å². The Bertz CT molecular complexity index is 1880. The number of primary amides is 1. The highest BCUT2D eigenvalue weighted by Crippen LogP contribution is 2.41. The number of halogens is 1. The highest BCUT2D eigenvalue weighted by molar-refractivity contribution is 6.09. The van der Waals surface area contributed by atoms with Gasteiger partial charge in [-0.25, -0.2) is 9.37 Å². The molecule has 45 heavy (non-hydrogen) atoms. The standard InChI is InChI=1S/C34H36FN7O3/c1-2-25-26(35)8-5-20-13-24(43)14-21(27(20)25)15-41-19-37-29-30(41)28(31(36)44)32(40-16-22-6-7-23(17-40)38-22)39-33(29)45-18-34-9-3-11-42(34)12-4-10-34/h1,5,8,13-14,19,22-23,38,43H,3-4,6-7,9-12,15-18H2,(H2,36,44). The number of nitrogens with zero attached hydrogens (tertiary/aromatic N) is 5. The third kappa shape index (κ3) is 4.58. The van der Waals surface area contributed by atoms with E-state index in [4.69, 9.17) is 26.9 Å². The minimum absolute atomic E-state index is 0.0105. The molecule has 2 aromatic heterocycles. The maximum absolute atomic E-state index is 14.9.